The Hall–Kier alpha value is -0.280. The fourth-order valence-corrected chi connectivity index (χ4v) is 3.47. The molecule has 0 bridgehead atoms. The van der Waals surface area contributed by atoms with Crippen molar-refractivity contribution < 1.29 is 4.79 Å². The van der Waals surface area contributed by atoms with Gasteiger partial charge in [-0.25, -0.2) is 0 Å². The minimum Gasteiger partial charge on any atom is -0.356 e. The number of hydrogen-bond acceptors (Lipinski definition) is 2. The summed E-state index contributed by atoms with van der Waals surface area (Å²) in [6, 6.07) is 0.166. The summed E-state index contributed by atoms with van der Waals surface area (Å²) < 4.78 is 0. The summed E-state index contributed by atoms with van der Waals surface area (Å²) in [5, 5.41) is 2.98. The van der Waals surface area contributed by atoms with Crippen molar-refractivity contribution in [1.29, 1.82) is 0 Å². The van der Waals surface area contributed by atoms with Crippen molar-refractivity contribution >= 4 is 18.3 Å². The van der Waals surface area contributed by atoms with Crippen LogP contribution in [0.25, 0.3) is 0 Å². The smallest absolute Gasteiger partial charge is 0.220 e. The highest BCUT2D eigenvalue weighted by molar-refractivity contribution is 5.85. The Morgan fingerprint density at radius 1 is 1.42 bits per heavy atom. The molecule has 1 saturated carbocycles. The molecule has 0 aliphatic heterocycles. The van der Waals surface area contributed by atoms with Gasteiger partial charge in [-0.05, 0) is 49.9 Å². The molecule has 0 aromatic carbocycles. The van der Waals surface area contributed by atoms with Gasteiger partial charge in [0, 0.05) is 19.0 Å². The molecule has 1 rings (SSSR count). The maximum absolute atomic E-state index is 11.9. The minimum atomic E-state index is 0. The van der Waals surface area contributed by atoms with Crippen LogP contribution in [-0.4, -0.2) is 18.5 Å². The van der Waals surface area contributed by atoms with Crippen LogP contribution in [0.1, 0.15) is 59.8 Å². The average Bonchev–Trinajstić information content (AvgIpc) is 2.12. The monoisotopic (exact) mass is 290 g/mol. The molecule has 3 unspecified atom stereocenters. The third-order valence-corrected chi connectivity index (χ3v) is 3.87. The second-order valence-electron chi connectivity index (χ2n) is 7.10. The van der Waals surface area contributed by atoms with Crippen molar-refractivity contribution in [2.24, 2.45) is 23.0 Å². The van der Waals surface area contributed by atoms with E-state index < -0.39 is 0 Å². The minimum absolute atomic E-state index is 0. The van der Waals surface area contributed by atoms with Crippen molar-refractivity contribution in [1.82, 2.24) is 5.32 Å². The van der Waals surface area contributed by atoms with Crippen LogP contribution < -0.4 is 11.1 Å². The van der Waals surface area contributed by atoms with Gasteiger partial charge in [-0.3, -0.25) is 4.79 Å². The number of halogens is 1. The predicted molar refractivity (Wildman–Crippen MR) is 83.4 cm³/mol. The molecule has 19 heavy (non-hydrogen) atoms. The molecule has 114 valence electrons. The second-order valence-corrected chi connectivity index (χ2v) is 7.10. The van der Waals surface area contributed by atoms with Crippen molar-refractivity contribution in [2.45, 2.75) is 65.8 Å². The molecular weight excluding hydrogens is 260 g/mol. The third-order valence-electron chi connectivity index (χ3n) is 3.87. The lowest BCUT2D eigenvalue weighted by Gasteiger charge is -2.38. The molecule has 1 aliphatic carbocycles. The van der Waals surface area contributed by atoms with Crippen LogP contribution in [0.5, 0.6) is 0 Å². The van der Waals surface area contributed by atoms with E-state index in [1.54, 1.807) is 0 Å². The molecule has 1 amide bonds. The first kappa shape index (κ1) is 18.7. The normalized spacial score (nSPS) is 27.2. The van der Waals surface area contributed by atoms with Crippen LogP contribution >= 0.6 is 12.4 Å². The molecule has 1 aliphatic rings. The number of carbonyl (C=O) groups is 1. The Kier molecular flexibility index (Phi) is 7.99. The summed E-state index contributed by atoms with van der Waals surface area (Å²) in [7, 11) is 0. The number of carbonyl (C=O) groups excluding carboxylic acids is 1. The molecular formula is C15H31ClN2O. The SMILES string of the molecule is CC(N)CCNC(=O)CC1CC(C)CC(C)(C)C1.Cl. The topological polar surface area (TPSA) is 55.1 Å². The summed E-state index contributed by atoms with van der Waals surface area (Å²) >= 11 is 0. The van der Waals surface area contributed by atoms with E-state index in [1.165, 1.54) is 19.3 Å². The Bertz CT molecular complexity index is 279. The van der Waals surface area contributed by atoms with Crippen LogP contribution in [0.15, 0.2) is 0 Å². The van der Waals surface area contributed by atoms with E-state index in [2.05, 4.69) is 26.1 Å². The summed E-state index contributed by atoms with van der Waals surface area (Å²) in [4.78, 5) is 11.9. The van der Waals surface area contributed by atoms with Gasteiger partial charge in [0.15, 0.2) is 0 Å². The van der Waals surface area contributed by atoms with Gasteiger partial charge in [-0.15, -0.1) is 12.4 Å². The second kappa shape index (κ2) is 8.11. The zero-order valence-electron chi connectivity index (χ0n) is 12.9. The lowest BCUT2D eigenvalue weighted by atomic mass is 9.67. The van der Waals surface area contributed by atoms with Crippen LogP contribution in [0, 0.1) is 17.3 Å². The summed E-state index contributed by atoms with van der Waals surface area (Å²) in [5.41, 5.74) is 6.06. The van der Waals surface area contributed by atoms with Gasteiger partial charge in [0.1, 0.15) is 0 Å². The van der Waals surface area contributed by atoms with Crippen LogP contribution in [0.4, 0.5) is 0 Å². The molecule has 3 N–H and O–H groups in total. The van der Waals surface area contributed by atoms with Crippen molar-refractivity contribution in [2.75, 3.05) is 6.54 Å². The molecule has 1 fully saturated rings. The van der Waals surface area contributed by atoms with Crippen molar-refractivity contribution in [3.05, 3.63) is 0 Å². The molecule has 0 aromatic rings. The molecule has 0 spiro atoms. The van der Waals surface area contributed by atoms with Gasteiger partial charge in [-0.1, -0.05) is 20.8 Å². The number of rotatable bonds is 5. The Morgan fingerprint density at radius 2 is 2.05 bits per heavy atom. The summed E-state index contributed by atoms with van der Waals surface area (Å²) in [5.74, 6) is 1.50. The van der Waals surface area contributed by atoms with Gasteiger partial charge in [0.05, 0.1) is 0 Å². The molecule has 4 heteroatoms. The molecule has 0 heterocycles. The lowest BCUT2D eigenvalue weighted by Crippen LogP contribution is -2.33. The fourth-order valence-electron chi connectivity index (χ4n) is 3.47. The first-order chi connectivity index (χ1) is 8.28. The molecule has 3 nitrogen and oxygen atoms in total. The van der Waals surface area contributed by atoms with E-state index in [1.807, 2.05) is 6.92 Å². The average molecular weight is 291 g/mol. The highest BCUT2D eigenvalue weighted by Gasteiger charge is 2.32. The fraction of sp³-hybridized carbons (Fsp3) is 0.933. The van der Waals surface area contributed by atoms with E-state index in [0.29, 0.717) is 24.3 Å². The summed E-state index contributed by atoms with van der Waals surface area (Å²) in [6.45, 7) is 9.63. The maximum atomic E-state index is 11.9. The van der Waals surface area contributed by atoms with Crippen LogP contribution in [0.3, 0.4) is 0 Å². The van der Waals surface area contributed by atoms with E-state index >= 15 is 0 Å². The van der Waals surface area contributed by atoms with Gasteiger partial charge in [0.2, 0.25) is 5.91 Å². The van der Waals surface area contributed by atoms with Crippen LogP contribution in [0.2, 0.25) is 0 Å². The highest BCUT2D eigenvalue weighted by Crippen LogP contribution is 2.42. The quantitative estimate of drug-likeness (QED) is 0.817. The number of hydrogen-bond donors (Lipinski definition) is 2. The van der Waals surface area contributed by atoms with Crippen molar-refractivity contribution in [3.8, 4) is 0 Å². The molecule has 3 atom stereocenters. The largest absolute Gasteiger partial charge is 0.356 e. The standard InChI is InChI=1S/C15H30N2O.ClH/c1-11-7-13(10-15(3,4)9-11)8-14(18)17-6-5-12(2)16;/h11-13H,5-10,16H2,1-4H3,(H,17,18);1H. The number of amides is 1. The van der Waals surface area contributed by atoms with E-state index in [-0.39, 0.29) is 24.4 Å². The Balaban J connectivity index is 0.00000324. The number of nitrogens with two attached hydrogens (primary N) is 1. The molecule has 0 aromatic heterocycles. The van der Waals surface area contributed by atoms with E-state index in [4.69, 9.17) is 5.73 Å². The third kappa shape index (κ3) is 7.78. The summed E-state index contributed by atoms with van der Waals surface area (Å²) in [6.07, 6.45) is 5.21. The first-order valence-corrected chi connectivity index (χ1v) is 7.31. The highest BCUT2D eigenvalue weighted by atomic mass is 35.5. The Labute approximate surface area is 124 Å². The van der Waals surface area contributed by atoms with Gasteiger partial charge in [0.25, 0.3) is 0 Å². The van der Waals surface area contributed by atoms with Gasteiger partial charge < -0.3 is 11.1 Å². The van der Waals surface area contributed by atoms with E-state index in [9.17, 15) is 4.79 Å². The lowest BCUT2D eigenvalue weighted by molar-refractivity contribution is -0.122. The number of nitrogens with one attached hydrogen (secondary N) is 1. The predicted octanol–water partition coefficient (Wildman–Crippen LogP) is 3.11. The molecule has 0 radical (unpaired) electrons. The van der Waals surface area contributed by atoms with Crippen LogP contribution in [-0.2, 0) is 4.79 Å². The van der Waals surface area contributed by atoms with Crippen molar-refractivity contribution in [3.63, 3.8) is 0 Å². The first-order valence-electron chi connectivity index (χ1n) is 7.31. The van der Waals surface area contributed by atoms with Gasteiger partial charge in [-0.2, -0.15) is 0 Å². The van der Waals surface area contributed by atoms with E-state index in [0.717, 1.165) is 12.3 Å². The zero-order chi connectivity index (χ0) is 13.8. The zero-order valence-corrected chi connectivity index (χ0v) is 13.7. The maximum Gasteiger partial charge on any atom is 0.220 e. The Morgan fingerprint density at radius 3 is 2.58 bits per heavy atom. The van der Waals surface area contributed by atoms with Gasteiger partial charge >= 0.3 is 0 Å². The molecule has 0 saturated heterocycles.